The molecule has 2 atom stereocenters. The molecule has 0 amide bonds. The highest BCUT2D eigenvalue weighted by molar-refractivity contribution is 5.75. The topological polar surface area (TPSA) is 49.3 Å². The maximum Gasteiger partial charge on any atom is 0.310 e. The number of carbonyl (C=O) groups is 1. The van der Waals surface area contributed by atoms with E-state index in [0.29, 0.717) is 6.42 Å². The van der Waals surface area contributed by atoms with Crippen molar-refractivity contribution in [1.29, 1.82) is 0 Å². The van der Waals surface area contributed by atoms with Gasteiger partial charge in [0, 0.05) is 0 Å². The molecule has 1 heterocycles. The van der Waals surface area contributed by atoms with Crippen LogP contribution in [0.4, 0.5) is 0 Å². The number of rotatable bonds is 1. The lowest BCUT2D eigenvalue weighted by Gasteiger charge is -2.33. The van der Waals surface area contributed by atoms with Gasteiger partial charge >= 0.3 is 5.97 Å². The highest BCUT2D eigenvalue weighted by atomic mass is 16.4. The van der Waals surface area contributed by atoms with Crippen LogP contribution < -0.4 is 5.32 Å². The van der Waals surface area contributed by atoms with Gasteiger partial charge in [0.25, 0.3) is 0 Å². The summed E-state index contributed by atoms with van der Waals surface area (Å²) in [6.45, 7) is 4.65. The Morgan fingerprint density at radius 3 is 3.14 bits per heavy atom. The highest BCUT2D eigenvalue weighted by Gasteiger charge is 2.33. The molecule has 0 aromatic rings. The van der Waals surface area contributed by atoms with Crippen LogP contribution in [0.15, 0.2) is 36.0 Å². The Kier molecular flexibility index (Phi) is 2.25. The number of hydrogen-bond donors (Lipinski definition) is 2. The predicted octanol–water partition coefficient (Wildman–Crippen LogP) is 1.10. The maximum absolute atomic E-state index is 11.0. The van der Waals surface area contributed by atoms with Crippen molar-refractivity contribution in [3.05, 3.63) is 36.0 Å². The Bertz CT molecular complexity index is 341. The van der Waals surface area contributed by atoms with E-state index in [0.717, 1.165) is 17.7 Å². The van der Waals surface area contributed by atoms with E-state index in [-0.39, 0.29) is 12.0 Å². The first-order valence-electron chi connectivity index (χ1n) is 4.73. The second kappa shape index (κ2) is 3.42. The molecule has 0 radical (unpaired) electrons. The van der Waals surface area contributed by atoms with Crippen LogP contribution in [0.1, 0.15) is 6.42 Å². The third-order valence-corrected chi connectivity index (χ3v) is 2.79. The first-order chi connectivity index (χ1) is 6.70. The van der Waals surface area contributed by atoms with Crippen molar-refractivity contribution in [3.63, 3.8) is 0 Å². The zero-order valence-electron chi connectivity index (χ0n) is 7.86. The van der Waals surface area contributed by atoms with Crippen molar-refractivity contribution in [2.45, 2.75) is 12.5 Å². The monoisotopic (exact) mass is 191 g/mol. The molecule has 3 nitrogen and oxygen atoms in total. The molecule has 0 saturated carbocycles. The smallest absolute Gasteiger partial charge is 0.310 e. The molecule has 1 fully saturated rings. The lowest BCUT2D eigenvalue weighted by molar-refractivity contribution is -0.141. The summed E-state index contributed by atoms with van der Waals surface area (Å²) in [6.07, 6.45) is 6.35. The summed E-state index contributed by atoms with van der Waals surface area (Å²) in [4.78, 5) is 11.0. The molecule has 3 heteroatoms. The van der Waals surface area contributed by atoms with Gasteiger partial charge in [-0.25, -0.2) is 0 Å². The molecular weight excluding hydrogens is 178 g/mol. The highest BCUT2D eigenvalue weighted by Crippen LogP contribution is 2.29. The summed E-state index contributed by atoms with van der Waals surface area (Å²) in [5.74, 6) is -1.08. The molecule has 0 aromatic carbocycles. The molecule has 14 heavy (non-hydrogen) atoms. The number of piperidine rings is 1. The molecule has 2 N–H and O–H groups in total. The van der Waals surface area contributed by atoms with Crippen molar-refractivity contribution in [2.24, 2.45) is 5.92 Å². The van der Waals surface area contributed by atoms with E-state index in [1.807, 2.05) is 18.2 Å². The van der Waals surface area contributed by atoms with Gasteiger partial charge in [0.1, 0.15) is 0 Å². The Labute approximate surface area is 82.8 Å². The molecule has 0 spiro atoms. The van der Waals surface area contributed by atoms with E-state index >= 15 is 0 Å². The van der Waals surface area contributed by atoms with E-state index in [1.165, 1.54) is 0 Å². The van der Waals surface area contributed by atoms with E-state index in [2.05, 4.69) is 11.9 Å². The first-order valence-corrected chi connectivity index (χ1v) is 4.73. The number of carboxylic acid groups (broad SMARTS) is 1. The standard InChI is InChI=1S/C11H13NO2/c1-7-3-2-4-8-9(11(13)14)5-6-12-10(7)8/h2-4,9-10,12H,1,5-6H2,(H,13,14). The van der Waals surface area contributed by atoms with Gasteiger partial charge in [-0.15, -0.1) is 0 Å². The van der Waals surface area contributed by atoms with Crippen LogP contribution in [0.2, 0.25) is 0 Å². The Morgan fingerprint density at radius 1 is 1.64 bits per heavy atom. The molecule has 74 valence electrons. The average Bonchev–Trinajstić information content (AvgIpc) is 2.17. The number of aliphatic carboxylic acids is 1. The summed E-state index contributed by atoms with van der Waals surface area (Å²) in [5.41, 5.74) is 1.89. The van der Waals surface area contributed by atoms with Gasteiger partial charge in [0.05, 0.1) is 12.0 Å². The largest absolute Gasteiger partial charge is 0.481 e. The average molecular weight is 191 g/mol. The fourth-order valence-electron chi connectivity index (χ4n) is 2.06. The second-order valence-corrected chi connectivity index (χ2v) is 3.67. The Balaban J connectivity index is 2.32. The first kappa shape index (κ1) is 9.21. The summed E-state index contributed by atoms with van der Waals surface area (Å²) in [7, 11) is 0. The third-order valence-electron chi connectivity index (χ3n) is 2.79. The van der Waals surface area contributed by atoms with Crippen molar-refractivity contribution in [2.75, 3.05) is 6.54 Å². The molecule has 1 saturated heterocycles. The van der Waals surface area contributed by atoms with Gasteiger partial charge in [-0.1, -0.05) is 24.8 Å². The van der Waals surface area contributed by atoms with E-state index in [4.69, 9.17) is 5.11 Å². The molecular formula is C11H13NO2. The summed E-state index contributed by atoms with van der Waals surface area (Å²) in [5, 5.41) is 12.3. The van der Waals surface area contributed by atoms with Gasteiger partial charge in [0.2, 0.25) is 0 Å². The third kappa shape index (κ3) is 1.40. The van der Waals surface area contributed by atoms with Gasteiger partial charge in [-0.05, 0) is 24.1 Å². The summed E-state index contributed by atoms with van der Waals surface area (Å²) in [6, 6.07) is 0.0369. The zero-order chi connectivity index (χ0) is 10.1. The predicted molar refractivity (Wildman–Crippen MR) is 53.9 cm³/mol. The molecule has 2 rings (SSSR count). The number of nitrogens with one attached hydrogen (secondary N) is 1. The van der Waals surface area contributed by atoms with Crippen LogP contribution in [-0.4, -0.2) is 23.7 Å². The maximum atomic E-state index is 11.0. The lowest BCUT2D eigenvalue weighted by atomic mass is 9.81. The normalized spacial score (nSPS) is 30.9. The number of hydrogen-bond acceptors (Lipinski definition) is 2. The van der Waals surface area contributed by atoms with E-state index in [9.17, 15) is 4.79 Å². The van der Waals surface area contributed by atoms with Crippen molar-refractivity contribution < 1.29 is 9.90 Å². The summed E-state index contributed by atoms with van der Waals surface area (Å²) < 4.78 is 0. The van der Waals surface area contributed by atoms with Crippen LogP contribution >= 0.6 is 0 Å². The number of carboxylic acids is 1. The van der Waals surface area contributed by atoms with Crippen molar-refractivity contribution in [1.82, 2.24) is 5.32 Å². The molecule has 0 bridgehead atoms. The number of fused-ring (bicyclic) bond motifs is 1. The second-order valence-electron chi connectivity index (χ2n) is 3.67. The van der Waals surface area contributed by atoms with Crippen LogP contribution in [0.5, 0.6) is 0 Å². The van der Waals surface area contributed by atoms with Gasteiger partial charge in [-0.3, -0.25) is 4.79 Å². The Morgan fingerprint density at radius 2 is 2.43 bits per heavy atom. The minimum Gasteiger partial charge on any atom is -0.481 e. The Hall–Kier alpha value is -1.35. The SMILES string of the molecule is C=C1C=CC=C2C(C(=O)O)CCNC12. The molecule has 1 aliphatic carbocycles. The van der Waals surface area contributed by atoms with Crippen molar-refractivity contribution >= 4 is 5.97 Å². The van der Waals surface area contributed by atoms with Gasteiger partial charge in [-0.2, -0.15) is 0 Å². The molecule has 2 aliphatic rings. The van der Waals surface area contributed by atoms with E-state index in [1.54, 1.807) is 0 Å². The fourth-order valence-corrected chi connectivity index (χ4v) is 2.06. The lowest BCUT2D eigenvalue weighted by Crippen LogP contribution is -2.44. The van der Waals surface area contributed by atoms with E-state index < -0.39 is 5.97 Å². The summed E-state index contributed by atoms with van der Waals surface area (Å²) >= 11 is 0. The quantitative estimate of drug-likeness (QED) is 0.652. The minimum atomic E-state index is -0.731. The van der Waals surface area contributed by atoms with Gasteiger partial charge in [0.15, 0.2) is 0 Å². The van der Waals surface area contributed by atoms with Crippen LogP contribution in [0.3, 0.4) is 0 Å². The molecule has 2 unspecified atom stereocenters. The van der Waals surface area contributed by atoms with Gasteiger partial charge < -0.3 is 10.4 Å². The van der Waals surface area contributed by atoms with Crippen LogP contribution in [0.25, 0.3) is 0 Å². The van der Waals surface area contributed by atoms with Crippen molar-refractivity contribution in [3.8, 4) is 0 Å². The fraction of sp³-hybridized carbons (Fsp3) is 0.364. The van der Waals surface area contributed by atoms with Crippen LogP contribution in [0, 0.1) is 5.92 Å². The minimum absolute atomic E-state index is 0.0369. The molecule has 0 aromatic heterocycles. The zero-order valence-corrected chi connectivity index (χ0v) is 7.86. The number of allylic oxidation sites excluding steroid dienone is 2. The molecule has 1 aliphatic heterocycles. The van der Waals surface area contributed by atoms with Crippen LogP contribution in [-0.2, 0) is 4.79 Å².